The highest BCUT2D eigenvalue weighted by molar-refractivity contribution is 7.88. The number of fused-ring (bicyclic) bond motifs is 1. The Morgan fingerprint density at radius 3 is 2.52 bits per heavy atom. The van der Waals surface area contributed by atoms with E-state index >= 15 is 0 Å². The van der Waals surface area contributed by atoms with E-state index in [1.807, 2.05) is 12.1 Å². The number of carboxylic acids is 1. The summed E-state index contributed by atoms with van der Waals surface area (Å²) in [6.07, 6.45) is 1.26. The number of nitrogens with one attached hydrogen (secondary N) is 1. The fraction of sp³-hybridized carbons (Fsp3) is 0.412. The lowest BCUT2D eigenvalue weighted by atomic mass is 10.1. The minimum Gasteiger partial charge on any atom is -0.475 e. The summed E-state index contributed by atoms with van der Waals surface area (Å²) in [6, 6.07) is 5.15. The molecule has 1 atom stereocenters. The molecule has 1 aliphatic heterocycles. The van der Waals surface area contributed by atoms with Crippen LogP contribution >= 0.6 is 0 Å². The predicted molar refractivity (Wildman–Crippen MR) is 101 cm³/mol. The summed E-state index contributed by atoms with van der Waals surface area (Å²) >= 11 is 0. The zero-order valence-electron chi connectivity index (χ0n) is 16.3. The van der Waals surface area contributed by atoms with Crippen LogP contribution in [0.15, 0.2) is 36.8 Å². The summed E-state index contributed by atoms with van der Waals surface area (Å²) < 4.78 is 58.6. The predicted octanol–water partition coefficient (Wildman–Crippen LogP) is 0.934. The molecule has 0 aliphatic carbocycles. The number of sulfonamides is 1. The average molecular weight is 463 g/mol. The highest BCUT2D eigenvalue weighted by atomic mass is 32.2. The van der Waals surface area contributed by atoms with Crippen LogP contribution in [-0.2, 0) is 32.7 Å². The maximum Gasteiger partial charge on any atom is 0.490 e. The second-order valence-corrected chi connectivity index (χ2v) is 8.60. The molecular formula is C17H20F3N5O5S. The average Bonchev–Trinajstić information content (AvgIpc) is 3.15. The third-order valence-corrected chi connectivity index (χ3v) is 5.41. The van der Waals surface area contributed by atoms with E-state index < -0.39 is 22.2 Å². The lowest BCUT2D eigenvalue weighted by Gasteiger charge is -2.32. The Hall–Kier alpha value is -3.00. The van der Waals surface area contributed by atoms with Gasteiger partial charge < -0.3 is 10.4 Å². The van der Waals surface area contributed by atoms with Crippen LogP contribution in [0.1, 0.15) is 23.7 Å². The van der Waals surface area contributed by atoms with Gasteiger partial charge in [-0.1, -0.05) is 6.07 Å². The Labute approximate surface area is 175 Å². The summed E-state index contributed by atoms with van der Waals surface area (Å²) in [5.74, 6) is -2.91. The summed E-state index contributed by atoms with van der Waals surface area (Å²) in [7, 11) is -3.32. The molecule has 2 aromatic heterocycles. The van der Waals surface area contributed by atoms with Gasteiger partial charge in [0, 0.05) is 31.7 Å². The van der Waals surface area contributed by atoms with Crippen molar-refractivity contribution in [2.24, 2.45) is 0 Å². The molecule has 0 aromatic carbocycles. The topological polar surface area (TPSA) is 134 Å². The molecule has 1 unspecified atom stereocenters. The van der Waals surface area contributed by atoms with Gasteiger partial charge in [-0.3, -0.25) is 14.5 Å². The summed E-state index contributed by atoms with van der Waals surface area (Å²) in [6.45, 7) is 0.918. The molecule has 31 heavy (non-hydrogen) atoms. The molecule has 3 heterocycles. The first-order valence-corrected chi connectivity index (χ1v) is 10.7. The van der Waals surface area contributed by atoms with Gasteiger partial charge in [0.2, 0.25) is 15.9 Å². The van der Waals surface area contributed by atoms with Crippen molar-refractivity contribution in [1.29, 1.82) is 0 Å². The number of aliphatic carboxylic acids is 1. The lowest BCUT2D eigenvalue weighted by molar-refractivity contribution is -0.192. The highest BCUT2D eigenvalue weighted by Gasteiger charge is 2.38. The maximum absolute atomic E-state index is 12.2. The van der Waals surface area contributed by atoms with Crippen molar-refractivity contribution in [2.75, 3.05) is 12.8 Å². The van der Waals surface area contributed by atoms with Crippen molar-refractivity contribution in [2.45, 2.75) is 31.7 Å². The molecule has 0 saturated carbocycles. The maximum atomic E-state index is 12.2. The quantitative estimate of drug-likeness (QED) is 0.674. The molecule has 1 aliphatic rings. The molecule has 10 nitrogen and oxygen atoms in total. The second kappa shape index (κ2) is 9.87. The lowest BCUT2D eigenvalue weighted by Crippen LogP contribution is -2.42. The molecule has 0 saturated heterocycles. The molecule has 0 spiro atoms. The van der Waals surface area contributed by atoms with Crippen molar-refractivity contribution in [1.82, 2.24) is 24.4 Å². The van der Waals surface area contributed by atoms with Gasteiger partial charge in [0.1, 0.15) is 0 Å². The minimum atomic E-state index is -5.08. The van der Waals surface area contributed by atoms with E-state index in [1.165, 1.54) is 10.6 Å². The molecule has 0 bridgehead atoms. The standard InChI is InChI=1S/C15H19N5O3S.C2HF3O2/c1-24(22,23)19-10-13-4-6-18-20(13)14(11-19)7-15(21)17-9-12-3-2-5-16-8-12;3-2(4,5)1(6)7/h2-6,8,14H,7,9-11H2,1H3,(H,17,21);(H,6,7). The monoisotopic (exact) mass is 463 g/mol. The molecule has 2 N–H and O–H groups in total. The number of carbonyl (C=O) groups excluding carboxylic acids is 1. The number of aromatic nitrogens is 3. The second-order valence-electron chi connectivity index (χ2n) is 6.62. The van der Waals surface area contributed by atoms with Crippen molar-refractivity contribution >= 4 is 21.9 Å². The number of halogens is 3. The third kappa shape index (κ3) is 7.32. The largest absolute Gasteiger partial charge is 0.490 e. The normalized spacial score (nSPS) is 16.6. The number of alkyl halides is 3. The first-order chi connectivity index (χ1) is 14.4. The van der Waals surface area contributed by atoms with Gasteiger partial charge in [-0.25, -0.2) is 13.2 Å². The highest BCUT2D eigenvalue weighted by Crippen LogP contribution is 2.24. The summed E-state index contributed by atoms with van der Waals surface area (Å²) in [5, 5.41) is 14.2. The van der Waals surface area contributed by atoms with Gasteiger partial charge in [0.05, 0.1) is 31.0 Å². The van der Waals surface area contributed by atoms with Crippen LogP contribution in [0, 0.1) is 0 Å². The van der Waals surface area contributed by atoms with E-state index in [9.17, 15) is 26.4 Å². The summed E-state index contributed by atoms with van der Waals surface area (Å²) in [4.78, 5) is 25.1. The third-order valence-electron chi connectivity index (χ3n) is 4.20. The Bertz CT molecular complexity index is 1010. The molecule has 170 valence electrons. The van der Waals surface area contributed by atoms with Crippen LogP contribution in [0.25, 0.3) is 0 Å². The van der Waals surface area contributed by atoms with Gasteiger partial charge in [-0.05, 0) is 17.7 Å². The Balaban J connectivity index is 0.000000423. The zero-order valence-corrected chi connectivity index (χ0v) is 17.1. The molecule has 0 radical (unpaired) electrons. The Kier molecular flexibility index (Phi) is 7.73. The van der Waals surface area contributed by atoms with Crippen molar-refractivity contribution < 1.29 is 36.3 Å². The van der Waals surface area contributed by atoms with Crippen LogP contribution in [-0.4, -0.2) is 63.4 Å². The number of carbonyl (C=O) groups is 2. The van der Waals surface area contributed by atoms with Gasteiger partial charge in [0.15, 0.2) is 0 Å². The van der Waals surface area contributed by atoms with E-state index in [-0.39, 0.29) is 31.5 Å². The number of hydrogen-bond acceptors (Lipinski definition) is 6. The van der Waals surface area contributed by atoms with Gasteiger partial charge >= 0.3 is 12.1 Å². The fourth-order valence-electron chi connectivity index (χ4n) is 2.75. The number of hydrogen-bond donors (Lipinski definition) is 2. The van der Waals surface area contributed by atoms with E-state index in [4.69, 9.17) is 9.90 Å². The van der Waals surface area contributed by atoms with Crippen molar-refractivity contribution in [3.8, 4) is 0 Å². The Morgan fingerprint density at radius 1 is 1.29 bits per heavy atom. The SMILES string of the molecule is CS(=O)(=O)N1Cc2ccnn2C(CC(=O)NCc2cccnc2)C1.O=C(O)C(F)(F)F. The van der Waals surface area contributed by atoms with E-state index in [2.05, 4.69) is 15.4 Å². The zero-order chi connectivity index (χ0) is 23.2. The van der Waals surface area contributed by atoms with Gasteiger partial charge in [-0.15, -0.1) is 0 Å². The first kappa shape index (κ1) is 24.3. The molecule has 3 rings (SSSR count). The van der Waals surface area contributed by atoms with E-state index in [1.54, 1.807) is 29.3 Å². The van der Waals surface area contributed by atoms with Crippen LogP contribution < -0.4 is 5.32 Å². The van der Waals surface area contributed by atoms with Crippen molar-refractivity contribution in [3.05, 3.63) is 48.0 Å². The first-order valence-electron chi connectivity index (χ1n) is 8.81. The van der Waals surface area contributed by atoms with Gasteiger partial charge in [0.25, 0.3) is 0 Å². The van der Waals surface area contributed by atoms with Crippen molar-refractivity contribution in [3.63, 3.8) is 0 Å². The molecule has 14 heteroatoms. The van der Waals surface area contributed by atoms with Crippen LogP contribution in [0.5, 0.6) is 0 Å². The Morgan fingerprint density at radius 2 is 1.97 bits per heavy atom. The van der Waals surface area contributed by atoms with E-state index in [0.717, 1.165) is 11.3 Å². The molecule has 2 aromatic rings. The molecule has 1 amide bonds. The van der Waals surface area contributed by atoms with Crippen LogP contribution in [0.3, 0.4) is 0 Å². The molecule has 0 fully saturated rings. The van der Waals surface area contributed by atoms with Crippen LogP contribution in [0.4, 0.5) is 13.2 Å². The number of rotatable bonds is 5. The fourth-order valence-corrected chi connectivity index (χ4v) is 3.56. The number of amides is 1. The van der Waals surface area contributed by atoms with Crippen LogP contribution in [0.2, 0.25) is 0 Å². The number of carboxylic acid groups (broad SMARTS) is 1. The van der Waals surface area contributed by atoms with E-state index in [0.29, 0.717) is 6.54 Å². The smallest absolute Gasteiger partial charge is 0.475 e. The minimum absolute atomic E-state index is 0.152. The number of pyridine rings is 1. The number of nitrogens with zero attached hydrogens (tertiary/aromatic N) is 4. The van der Waals surface area contributed by atoms with Gasteiger partial charge in [-0.2, -0.15) is 22.6 Å². The summed E-state index contributed by atoms with van der Waals surface area (Å²) in [5.41, 5.74) is 1.70. The molecular weight excluding hydrogens is 443 g/mol.